The number of Topliss-reactive ketones (excluding diaryl/α,β-unsaturated/α-hetero) is 1. The van der Waals surface area contributed by atoms with E-state index in [1.807, 2.05) is 20.8 Å². The number of benzene rings is 1. The lowest BCUT2D eigenvalue weighted by Gasteiger charge is -2.16. The van der Waals surface area contributed by atoms with Crippen molar-refractivity contribution >= 4 is 17.4 Å². The van der Waals surface area contributed by atoms with Crippen LogP contribution >= 0.6 is 11.6 Å². The lowest BCUT2D eigenvalue weighted by molar-refractivity contribution is -0.126. The van der Waals surface area contributed by atoms with Gasteiger partial charge in [-0.3, -0.25) is 4.79 Å². The number of carbonyl (C=O) groups excluding carboxylic acids is 1. The molecule has 3 heteroatoms. The van der Waals surface area contributed by atoms with Crippen molar-refractivity contribution in [3.05, 3.63) is 34.6 Å². The second kappa shape index (κ2) is 4.96. The maximum Gasteiger partial charge on any atom is 0.138 e. The first-order chi connectivity index (χ1) is 7.30. The molecule has 0 atom stereocenters. The lowest BCUT2D eigenvalue weighted by Crippen LogP contribution is -2.20. The quantitative estimate of drug-likeness (QED) is 0.782. The van der Waals surface area contributed by atoms with Crippen LogP contribution in [0.4, 0.5) is 4.39 Å². The van der Waals surface area contributed by atoms with E-state index < -0.39 is 0 Å². The fourth-order valence-corrected chi connectivity index (χ4v) is 1.57. The largest absolute Gasteiger partial charge is 0.299 e. The smallest absolute Gasteiger partial charge is 0.138 e. The Labute approximate surface area is 101 Å². The van der Waals surface area contributed by atoms with Gasteiger partial charge in [-0.05, 0) is 30.2 Å². The molecule has 1 aromatic rings. The fourth-order valence-electron chi connectivity index (χ4n) is 1.36. The molecule has 0 spiro atoms. The number of carbonyl (C=O) groups is 1. The first-order valence-electron chi connectivity index (χ1n) is 5.28. The third-order valence-corrected chi connectivity index (χ3v) is 2.83. The predicted octanol–water partition coefficient (Wildman–Crippen LogP) is 4.03. The van der Waals surface area contributed by atoms with Crippen molar-refractivity contribution in [3.8, 4) is 0 Å². The Bertz CT molecular complexity index is 393. The van der Waals surface area contributed by atoms with E-state index in [9.17, 15) is 9.18 Å². The van der Waals surface area contributed by atoms with Gasteiger partial charge in [-0.15, -0.1) is 0 Å². The van der Waals surface area contributed by atoms with Crippen LogP contribution < -0.4 is 0 Å². The maximum atomic E-state index is 13.0. The van der Waals surface area contributed by atoms with Crippen LogP contribution in [0.3, 0.4) is 0 Å². The van der Waals surface area contributed by atoms with Crippen molar-refractivity contribution in [2.24, 2.45) is 5.41 Å². The number of rotatable bonds is 3. The average molecular weight is 243 g/mol. The number of ketones is 1. The molecule has 1 nitrogen and oxygen atoms in total. The highest BCUT2D eigenvalue weighted by Gasteiger charge is 2.20. The summed E-state index contributed by atoms with van der Waals surface area (Å²) < 4.78 is 13.0. The molecule has 16 heavy (non-hydrogen) atoms. The van der Waals surface area contributed by atoms with Crippen LogP contribution in [-0.2, 0) is 11.2 Å². The predicted molar refractivity (Wildman–Crippen MR) is 64.2 cm³/mol. The van der Waals surface area contributed by atoms with E-state index in [-0.39, 0.29) is 17.0 Å². The minimum Gasteiger partial charge on any atom is -0.299 e. The zero-order chi connectivity index (χ0) is 12.3. The Hall–Kier alpha value is -0.890. The van der Waals surface area contributed by atoms with Crippen LogP contribution in [0.1, 0.15) is 32.8 Å². The van der Waals surface area contributed by atoms with E-state index in [2.05, 4.69) is 0 Å². The van der Waals surface area contributed by atoms with E-state index in [0.29, 0.717) is 23.4 Å². The van der Waals surface area contributed by atoms with E-state index in [1.54, 1.807) is 0 Å². The van der Waals surface area contributed by atoms with Crippen molar-refractivity contribution in [1.82, 2.24) is 0 Å². The van der Waals surface area contributed by atoms with Gasteiger partial charge in [0.05, 0.1) is 0 Å². The monoisotopic (exact) mass is 242 g/mol. The van der Waals surface area contributed by atoms with Crippen molar-refractivity contribution in [3.63, 3.8) is 0 Å². The highest BCUT2D eigenvalue weighted by molar-refractivity contribution is 6.31. The SMILES string of the molecule is CC(C)(C)C(=O)CCc1cc(F)ccc1Cl. The van der Waals surface area contributed by atoms with Crippen molar-refractivity contribution < 1.29 is 9.18 Å². The van der Waals surface area contributed by atoms with Crippen LogP contribution in [0, 0.1) is 11.2 Å². The van der Waals surface area contributed by atoms with Crippen molar-refractivity contribution in [2.45, 2.75) is 33.6 Å². The minimum absolute atomic E-state index is 0.160. The van der Waals surface area contributed by atoms with Gasteiger partial charge in [0.25, 0.3) is 0 Å². The molecule has 0 radical (unpaired) electrons. The summed E-state index contributed by atoms with van der Waals surface area (Å²) in [7, 11) is 0. The third-order valence-electron chi connectivity index (χ3n) is 2.47. The van der Waals surface area contributed by atoms with E-state index in [4.69, 9.17) is 11.6 Å². The zero-order valence-electron chi connectivity index (χ0n) is 9.81. The van der Waals surface area contributed by atoms with Gasteiger partial charge in [-0.25, -0.2) is 4.39 Å². The Balaban J connectivity index is 2.68. The van der Waals surface area contributed by atoms with Gasteiger partial charge in [-0.1, -0.05) is 32.4 Å². The zero-order valence-corrected chi connectivity index (χ0v) is 10.6. The first kappa shape index (κ1) is 13.2. The van der Waals surface area contributed by atoms with Gasteiger partial charge in [0.1, 0.15) is 11.6 Å². The molecule has 0 bridgehead atoms. The Morgan fingerprint density at radius 3 is 2.56 bits per heavy atom. The van der Waals surface area contributed by atoms with Gasteiger partial charge in [-0.2, -0.15) is 0 Å². The molecular weight excluding hydrogens is 227 g/mol. The highest BCUT2D eigenvalue weighted by atomic mass is 35.5. The van der Waals surface area contributed by atoms with Gasteiger partial charge >= 0.3 is 0 Å². The standard InChI is InChI=1S/C13H16ClFO/c1-13(2,3)12(16)7-4-9-8-10(15)5-6-11(9)14/h5-6,8H,4,7H2,1-3H3. The molecule has 88 valence electrons. The molecule has 1 rings (SSSR count). The number of aryl methyl sites for hydroxylation is 1. The van der Waals surface area contributed by atoms with E-state index >= 15 is 0 Å². The molecule has 0 saturated carbocycles. The maximum absolute atomic E-state index is 13.0. The third kappa shape index (κ3) is 3.60. The molecular formula is C13H16ClFO. The summed E-state index contributed by atoms with van der Waals surface area (Å²) in [5, 5.41) is 0.517. The minimum atomic E-state index is -0.347. The Kier molecular flexibility index (Phi) is 4.09. The average Bonchev–Trinajstić information content (AvgIpc) is 2.17. The summed E-state index contributed by atoms with van der Waals surface area (Å²) in [4.78, 5) is 11.7. The van der Waals surface area contributed by atoms with Crippen LogP contribution in [0.2, 0.25) is 5.02 Å². The lowest BCUT2D eigenvalue weighted by atomic mass is 9.87. The summed E-state index contributed by atoms with van der Waals surface area (Å²) in [5.41, 5.74) is 0.346. The van der Waals surface area contributed by atoms with Crippen LogP contribution in [0.5, 0.6) is 0 Å². The Morgan fingerprint density at radius 2 is 2.00 bits per heavy atom. The van der Waals surface area contributed by atoms with Crippen molar-refractivity contribution in [1.29, 1.82) is 0 Å². The van der Waals surface area contributed by atoms with Gasteiger partial charge in [0.15, 0.2) is 0 Å². The number of hydrogen-bond donors (Lipinski definition) is 0. The summed E-state index contributed by atoms with van der Waals surface area (Å²) in [6, 6.07) is 4.23. The summed E-state index contributed by atoms with van der Waals surface area (Å²) in [6.07, 6.45) is 0.888. The molecule has 0 unspecified atom stereocenters. The van der Waals surface area contributed by atoms with Gasteiger partial charge < -0.3 is 0 Å². The molecule has 0 amide bonds. The molecule has 0 N–H and O–H groups in total. The number of halogens is 2. The molecule has 0 aliphatic heterocycles. The Morgan fingerprint density at radius 1 is 1.38 bits per heavy atom. The second-order valence-electron chi connectivity index (χ2n) is 4.91. The van der Waals surface area contributed by atoms with Crippen LogP contribution in [0.15, 0.2) is 18.2 Å². The molecule has 0 fully saturated rings. The molecule has 0 heterocycles. The highest BCUT2D eigenvalue weighted by Crippen LogP contribution is 2.22. The molecule has 0 saturated heterocycles. The fraction of sp³-hybridized carbons (Fsp3) is 0.462. The van der Waals surface area contributed by atoms with Crippen LogP contribution in [0.25, 0.3) is 0 Å². The summed E-state index contributed by atoms with van der Waals surface area (Å²) in [5.74, 6) is -0.157. The van der Waals surface area contributed by atoms with E-state index in [1.165, 1.54) is 18.2 Å². The van der Waals surface area contributed by atoms with Crippen molar-refractivity contribution in [2.75, 3.05) is 0 Å². The van der Waals surface area contributed by atoms with Crippen LogP contribution in [-0.4, -0.2) is 5.78 Å². The molecule has 0 aliphatic carbocycles. The van der Waals surface area contributed by atoms with Gasteiger partial charge in [0, 0.05) is 16.9 Å². The number of hydrogen-bond acceptors (Lipinski definition) is 1. The summed E-state index contributed by atoms with van der Waals surface area (Å²) in [6.45, 7) is 5.63. The van der Waals surface area contributed by atoms with E-state index in [0.717, 1.165) is 0 Å². The molecule has 0 aromatic heterocycles. The second-order valence-corrected chi connectivity index (χ2v) is 5.32. The summed E-state index contributed by atoms with van der Waals surface area (Å²) >= 11 is 5.92. The molecule has 0 aliphatic rings. The topological polar surface area (TPSA) is 17.1 Å². The van der Waals surface area contributed by atoms with Gasteiger partial charge in [0.2, 0.25) is 0 Å². The molecule has 1 aromatic carbocycles. The first-order valence-corrected chi connectivity index (χ1v) is 5.66. The normalized spacial score (nSPS) is 11.6.